The van der Waals surface area contributed by atoms with Gasteiger partial charge in [0.1, 0.15) is 5.75 Å². The number of hydrogen-bond donors (Lipinski definition) is 2. The first kappa shape index (κ1) is 10.5. The molecule has 0 aromatic carbocycles. The number of nitrogens with two attached hydrogens (primary N) is 1. The van der Waals surface area contributed by atoms with Crippen LogP contribution in [0.3, 0.4) is 0 Å². The van der Waals surface area contributed by atoms with Crippen LogP contribution < -0.4 is 5.73 Å². The number of esters is 1. The van der Waals surface area contributed by atoms with Gasteiger partial charge in [-0.25, -0.2) is 0 Å². The maximum atomic E-state index is 10.9. The first-order chi connectivity index (χ1) is 6.63. The van der Waals surface area contributed by atoms with E-state index in [1.54, 1.807) is 6.07 Å². The molecule has 14 heavy (non-hydrogen) atoms. The Labute approximate surface area is 81.5 Å². The normalized spacial score (nSPS) is 12.1. The molecule has 0 bridgehead atoms. The van der Waals surface area contributed by atoms with Crippen LogP contribution in [0.15, 0.2) is 18.3 Å². The van der Waals surface area contributed by atoms with E-state index in [1.165, 1.54) is 19.4 Å². The van der Waals surface area contributed by atoms with Crippen molar-refractivity contribution in [2.75, 3.05) is 7.11 Å². The van der Waals surface area contributed by atoms with Gasteiger partial charge in [0.25, 0.3) is 0 Å². The number of rotatable bonds is 3. The molecule has 1 aromatic heterocycles. The van der Waals surface area contributed by atoms with Crippen LogP contribution in [-0.2, 0) is 9.53 Å². The van der Waals surface area contributed by atoms with Crippen LogP contribution in [0, 0.1) is 0 Å². The van der Waals surface area contributed by atoms with Crippen molar-refractivity contribution in [1.82, 2.24) is 4.98 Å². The lowest BCUT2D eigenvalue weighted by atomic mass is 10.1. The highest BCUT2D eigenvalue weighted by atomic mass is 16.5. The fourth-order valence-corrected chi connectivity index (χ4v) is 0.984. The molecule has 0 spiro atoms. The largest absolute Gasteiger partial charge is 0.506 e. The predicted molar refractivity (Wildman–Crippen MR) is 49.5 cm³/mol. The van der Waals surface area contributed by atoms with Crippen LogP contribution >= 0.6 is 0 Å². The lowest BCUT2D eigenvalue weighted by molar-refractivity contribution is -0.141. The molecule has 0 aliphatic carbocycles. The van der Waals surface area contributed by atoms with E-state index in [1.807, 2.05) is 0 Å². The molecule has 76 valence electrons. The zero-order chi connectivity index (χ0) is 10.6. The number of aromatic hydroxyl groups is 1. The van der Waals surface area contributed by atoms with Crippen molar-refractivity contribution < 1.29 is 14.6 Å². The van der Waals surface area contributed by atoms with Crippen molar-refractivity contribution in [2.45, 2.75) is 12.5 Å². The number of nitrogens with zero attached hydrogens (tertiary/aromatic N) is 1. The molecule has 1 rings (SSSR count). The summed E-state index contributed by atoms with van der Waals surface area (Å²) in [7, 11) is 1.30. The monoisotopic (exact) mass is 196 g/mol. The third-order valence-electron chi connectivity index (χ3n) is 1.76. The Morgan fingerprint density at radius 1 is 1.71 bits per heavy atom. The minimum Gasteiger partial charge on any atom is -0.506 e. The standard InChI is InChI=1S/C9H12N2O3/c1-14-9(13)4-7(10)8-3-2-6(12)5-11-8/h2-3,5,7,12H,4,10H2,1H3/t7-/m1/s1. The topological polar surface area (TPSA) is 85.4 Å². The van der Waals surface area contributed by atoms with Gasteiger partial charge in [0.2, 0.25) is 0 Å². The van der Waals surface area contributed by atoms with E-state index in [-0.39, 0.29) is 18.1 Å². The van der Waals surface area contributed by atoms with Crippen molar-refractivity contribution in [3.8, 4) is 5.75 Å². The fraction of sp³-hybridized carbons (Fsp3) is 0.333. The van der Waals surface area contributed by atoms with E-state index in [0.717, 1.165) is 0 Å². The molecule has 0 saturated heterocycles. The molecule has 0 unspecified atom stereocenters. The van der Waals surface area contributed by atoms with E-state index in [4.69, 9.17) is 10.8 Å². The van der Waals surface area contributed by atoms with Crippen LogP contribution in [0.25, 0.3) is 0 Å². The Kier molecular flexibility index (Phi) is 3.41. The Morgan fingerprint density at radius 2 is 2.43 bits per heavy atom. The smallest absolute Gasteiger partial charge is 0.307 e. The number of carbonyl (C=O) groups excluding carboxylic acids is 1. The molecule has 1 heterocycles. The molecule has 5 nitrogen and oxygen atoms in total. The van der Waals surface area contributed by atoms with Crippen molar-refractivity contribution in [3.63, 3.8) is 0 Å². The van der Waals surface area contributed by atoms with Gasteiger partial charge in [-0.1, -0.05) is 0 Å². The molecule has 0 aliphatic heterocycles. The summed E-state index contributed by atoms with van der Waals surface area (Å²) in [6, 6.07) is 2.55. The van der Waals surface area contributed by atoms with Gasteiger partial charge in [-0.3, -0.25) is 9.78 Å². The molecule has 1 atom stereocenters. The second-order valence-electron chi connectivity index (χ2n) is 2.83. The summed E-state index contributed by atoms with van der Waals surface area (Å²) < 4.78 is 4.47. The molecule has 3 N–H and O–H groups in total. The molecule has 5 heteroatoms. The van der Waals surface area contributed by atoms with E-state index in [9.17, 15) is 4.79 Å². The lowest BCUT2D eigenvalue weighted by Gasteiger charge is -2.08. The molecule has 0 fully saturated rings. The average Bonchev–Trinajstić information content (AvgIpc) is 2.18. The lowest BCUT2D eigenvalue weighted by Crippen LogP contribution is -2.17. The fourth-order valence-electron chi connectivity index (χ4n) is 0.984. The maximum Gasteiger partial charge on any atom is 0.307 e. The van der Waals surface area contributed by atoms with Crippen molar-refractivity contribution in [2.24, 2.45) is 5.73 Å². The molecule has 0 amide bonds. The van der Waals surface area contributed by atoms with E-state index >= 15 is 0 Å². The van der Waals surface area contributed by atoms with Gasteiger partial charge in [-0.05, 0) is 12.1 Å². The summed E-state index contributed by atoms with van der Waals surface area (Å²) in [5.41, 5.74) is 6.23. The van der Waals surface area contributed by atoms with Crippen molar-refractivity contribution in [3.05, 3.63) is 24.0 Å². The Bertz CT molecular complexity index is 310. The third kappa shape index (κ3) is 2.70. The first-order valence-corrected chi connectivity index (χ1v) is 4.11. The number of hydrogen-bond acceptors (Lipinski definition) is 5. The van der Waals surface area contributed by atoms with Crippen LogP contribution in [0.2, 0.25) is 0 Å². The molecular weight excluding hydrogens is 184 g/mol. The van der Waals surface area contributed by atoms with E-state index < -0.39 is 6.04 Å². The Balaban J connectivity index is 2.65. The second kappa shape index (κ2) is 4.57. The molecule has 0 saturated carbocycles. The molecule has 1 aromatic rings. The number of aromatic nitrogens is 1. The number of ether oxygens (including phenoxy) is 1. The number of carbonyl (C=O) groups is 1. The zero-order valence-corrected chi connectivity index (χ0v) is 7.80. The zero-order valence-electron chi connectivity index (χ0n) is 7.80. The van der Waals surface area contributed by atoms with Gasteiger partial charge >= 0.3 is 5.97 Å². The first-order valence-electron chi connectivity index (χ1n) is 4.11. The van der Waals surface area contributed by atoms with Gasteiger partial charge in [-0.15, -0.1) is 0 Å². The maximum absolute atomic E-state index is 10.9. The van der Waals surface area contributed by atoms with Crippen LogP contribution in [-0.4, -0.2) is 23.2 Å². The Morgan fingerprint density at radius 3 is 2.93 bits per heavy atom. The summed E-state index contributed by atoms with van der Waals surface area (Å²) in [5, 5.41) is 8.97. The second-order valence-corrected chi connectivity index (χ2v) is 2.83. The van der Waals surface area contributed by atoms with Gasteiger partial charge < -0.3 is 15.6 Å². The van der Waals surface area contributed by atoms with Crippen molar-refractivity contribution in [1.29, 1.82) is 0 Å². The van der Waals surface area contributed by atoms with Gasteiger partial charge in [0, 0.05) is 0 Å². The minimum absolute atomic E-state index is 0.0685. The third-order valence-corrected chi connectivity index (χ3v) is 1.76. The Hall–Kier alpha value is -1.62. The average molecular weight is 196 g/mol. The van der Waals surface area contributed by atoms with Crippen molar-refractivity contribution >= 4 is 5.97 Å². The summed E-state index contributed by atoms with van der Waals surface area (Å²) in [6.07, 6.45) is 1.36. The quantitative estimate of drug-likeness (QED) is 0.681. The number of methoxy groups -OCH3 is 1. The highest BCUT2D eigenvalue weighted by molar-refractivity contribution is 5.70. The highest BCUT2D eigenvalue weighted by Crippen LogP contribution is 2.14. The highest BCUT2D eigenvalue weighted by Gasteiger charge is 2.12. The van der Waals surface area contributed by atoms with Gasteiger partial charge in [-0.2, -0.15) is 0 Å². The molecule has 0 aliphatic rings. The minimum atomic E-state index is -0.497. The molecule has 0 radical (unpaired) electrons. The van der Waals surface area contributed by atoms with Gasteiger partial charge in [0.05, 0.1) is 31.5 Å². The summed E-state index contributed by atoms with van der Waals surface area (Å²) in [4.78, 5) is 14.8. The van der Waals surface area contributed by atoms with Crippen LogP contribution in [0.4, 0.5) is 0 Å². The number of pyridine rings is 1. The van der Waals surface area contributed by atoms with E-state index in [2.05, 4.69) is 9.72 Å². The predicted octanol–water partition coefficient (Wildman–Crippen LogP) is 0.350. The van der Waals surface area contributed by atoms with Crippen LogP contribution in [0.1, 0.15) is 18.2 Å². The molecular formula is C9H12N2O3. The van der Waals surface area contributed by atoms with E-state index in [0.29, 0.717) is 5.69 Å². The summed E-state index contributed by atoms with van der Waals surface area (Å²) in [5.74, 6) is -0.314. The summed E-state index contributed by atoms with van der Waals surface area (Å²) >= 11 is 0. The van der Waals surface area contributed by atoms with Gasteiger partial charge in [0.15, 0.2) is 0 Å². The van der Waals surface area contributed by atoms with Crippen LogP contribution in [0.5, 0.6) is 5.75 Å². The summed E-state index contributed by atoms with van der Waals surface area (Å²) in [6.45, 7) is 0. The SMILES string of the molecule is COC(=O)C[C@@H](N)c1ccc(O)cn1.